The number of hydrogen-bond donors (Lipinski definition) is 2. The highest BCUT2D eigenvalue weighted by Gasteiger charge is 2.72. The van der Waals surface area contributed by atoms with Crippen LogP contribution in [-0.4, -0.2) is 35.5 Å². The van der Waals surface area contributed by atoms with Gasteiger partial charge >= 0.3 is 0 Å². The number of hydrogen-bond acceptors (Lipinski definition) is 4. The smallest absolute Gasteiger partial charge is 0.258 e. The second-order valence-electron chi connectivity index (χ2n) is 8.21. The third-order valence-electron chi connectivity index (χ3n) is 5.84. The van der Waals surface area contributed by atoms with E-state index in [1.54, 1.807) is 18.3 Å². The summed E-state index contributed by atoms with van der Waals surface area (Å²) in [5.74, 6) is 0.539. The number of benzene rings is 1. The summed E-state index contributed by atoms with van der Waals surface area (Å²) in [7, 11) is 0. The van der Waals surface area contributed by atoms with E-state index in [0.29, 0.717) is 36.6 Å². The van der Waals surface area contributed by atoms with E-state index in [0.717, 1.165) is 17.5 Å². The van der Waals surface area contributed by atoms with Crippen molar-refractivity contribution < 1.29 is 14.3 Å². The third kappa shape index (κ3) is 4.08. The Bertz CT molecular complexity index is 912. The first-order valence-corrected chi connectivity index (χ1v) is 10.1. The van der Waals surface area contributed by atoms with Crippen LogP contribution in [0.2, 0.25) is 5.02 Å². The SMILES string of the molecule is Cc1cc(OCC(=O)NC23CC(C(=O)NCCc4cccnc4)(C2)C3)ccc1Cl. The maximum absolute atomic E-state index is 12.5. The largest absolute Gasteiger partial charge is 0.484 e. The van der Waals surface area contributed by atoms with Gasteiger partial charge < -0.3 is 15.4 Å². The Kier molecular flexibility index (Phi) is 5.21. The molecule has 1 aromatic carbocycles. The van der Waals surface area contributed by atoms with E-state index in [4.69, 9.17) is 16.3 Å². The number of ether oxygens (including phenoxy) is 1. The van der Waals surface area contributed by atoms with Crippen molar-refractivity contribution in [2.75, 3.05) is 13.2 Å². The second-order valence-corrected chi connectivity index (χ2v) is 8.61. The van der Waals surface area contributed by atoms with Crippen LogP contribution in [0.5, 0.6) is 5.75 Å². The number of carbonyl (C=O) groups excluding carboxylic acids is 2. The lowest BCUT2D eigenvalue weighted by molar-refractivity contribution is -0.183. The van der Waals surface area contributed by atoms with Crippen molar-refractivity contribution in [1.29, 1.82) is 0 Å². The molecular weight excluding hydrogens is 390 g/mol. The van der Waals surface area contributed by atoms with Gasteiger partial charge in [-0.15, -0.1) is 0 Å². The standard InChI is InChI=1S/C22H24ClN3O3/c1-15-9-17(4-5-18(15)23)29-11-19(27)26-22-12-21(13-22,14-22)20(28)25-8-6-16-3-2-7-24-10-16/h2-5,7,9-10H,6,8,11-14H2,1H3,(H,25,28)(H,26,27). The van der Waals surface area contributed by atoms with Crippen LogP contribution in [0.1, 0.15) is 30.4 Å². The molecule has 0 unspecified atom stereocenters. The van der Waals surface area contributed by atoms with Crippen LogP contribution < -0.4 is 15.4 Å². The molecule has 2 aromatic rings. The number of nitrogens with one attached hydrogen (secondary N) is 2. The molecule has 0 spiro atoms. The monoisotopic (exact) mass is 413 g/mol. The average molecular weight is 414 g/mol. The van der Waals surface area contributed by atoms with Crippen molar-refractivity contribution in [2.45, 2.75) is 38.1 Å². The van der Waals surface area contributed by atoms with Crippen LogP contribution in [0.4, 0.5) is 0 Å². The number of carbonyl (C=O) groups is 2. The molecule has 2 bridgehead atoms. The minimum absolute atomic E-state index is 0.0485. The quantitative estimate of drug-likeness (QED) is 0.697. The van der Waals surface area contributed by atoms with Gasteiger partial charge in [0.05, 0.1) is 5.41 Å². The van der Waals surface area contributed by atoms with Gasteiger partial charge in [0.25, 0.3) is 5.91 Å². The van der Waals surface area contributed by atoms with Crippen molar-refractivity contribution in [3.8, 4) is 5.75 Å². The molecule has 1 aromatic heterocycles. The lowest BCUT2D eigenvalue weighted by Gasteiger charge is -2.69. The Morgan fingerprint density at radius 3 is 2.72 bits per heavy atom. The molecule has 29 heavy (non-hydrogen) atoms. The van der Waals surface area contributed by atoms with Gasteiger partial charge in [0.15, 0.2) is 6.61 Å². The number of pyridine rings is 1. The highest BCUT2D eigenvalue weighted by Crippen LogP contribution is 2.67. The Balaban J connectivity index is 1.18. The molecule has 0 atom stereocenters. The molecule has 2 N–H and O–H groups in total. The normalized spacial score (nSPS) is 24.1. The van der Waals surface area contributed by atoms with Crippen molar-refractivity contribution in [3.63, 3.8) is 0 Å². The van der Waals surface area contributed by atoms with Gasteiger partial charge in [-0.1, -0.05) is 17.7 Å². The summed E-state index contributed by atoms with van der Waals surface area (Å²) in [5, 5.41) is 6.73. The first kappa shape index (κ1) is 19.7. The van der Waals surface area contributed by atoms with Gasteiger partial charge in [0.1, 0.15) is 5.75 Å². The summed E-state index contributed by atoms with van der Waals surface area (Å²) < 4.78 is 5.55. The molecule has 0 aliphatic heterocycles. The number of amides is 2. The van der Waals surface area contributed by atoms with Crippen molar-refractivity contribution >= 4 is 23.4 Å². The molecule has 2 amide bonds. The Labute approximate surface area is 175 Å². The predicted molar refractivity (Wildman–Crippen MR) is 110 cm³/mol. The minimum atomic E-state index is -0.309. The first-order chi connectivity index (χ1) is 13.9. The summed E-state index contributed by atoms with van der Waals surface area (Å²) in [6.45, 7) is 2.44. The van der Waals surface area contributed by atoms with Crippen molar-refractivity contribution in [2.24, 2.45) is 5.41 Å². The molecule has 3 fully saturated rings. The molecule has 6 nitrogen and oxygen atoms in total. The van der Waals surface area contributed by atoms with Crippen LogP contribution in [-0.2, 0) is 16.0 Å². The average Bonchev–Trinajstić information content (AvgIpc) is 2.65. The molecule has 0 saturated heterocycles. The van der Waals surface area contributed by atoms with Gasteiger partial charge in [-0.25, -0.2) is 0 Å². The van der Waals surface area contributed by atoms with E-state index in [2.05, 4.69) is 15.6 Å². The molecule has 7 heteroatoms. The van der Waals surface area contributed by atoms with E-state index in [1.807, 2.05) is 31.3 Å². The molecule has 0 radical (unpaired) electrons. The summed E-state index contributed by atoms with van der Waals surface area (Å²) in [4.78, 5) is 28.8. The van der Waals surface area contributed by atoms with Crippen LogP contribution in [0.3, 0.4) is 0 Å². The lowest BCUT2D eigenvalue weighted by atomic mass is 9.39. The fourth-order valence-electron chi connectivity index (χ4n) is 4.40. The minimum Gasteiger partial charge on any atom is -0.484 e. The first-order valence-electron chi connectivity index (χ1n) is 9.77. The van der Waals surface area contributed by atoms with E-state index in [-0.39, 0.29) is 29.4 Å². The van der Waals surface area contributed by atoms with Gasteiger partial charge in [0, 0.05) is 29.5 Å². The summed E-state index contributed by atoms with van der Waals surface area (Å²) in [6.07, 6.45) is 6.41. The molecule has 1 heterocycles. The van der Waals surface area contributed by atoms with Crippen LogP contribution >= 0.6 is 11.6 Å². The van der Waals surface area contributed by atoms with E-state index < -0.39 is 0 Å². The summed E-state index contributed by atoms with van der Waals surface area (Å²) in [6, 6.07) is 9.19. The fraction of sp³-hybridized carbons (Fsp3) is 0.409. The predicted octanol–water partition coefficient (Wildman–Crippen LogP) is 2.82. The number of aromatic nitrogens is 1. The number of aryl methyl sites for hydroxylation is 1. The Morgan fingerprint density at radius 1 is 1.24 bits per heavy atom. The van der Waals surface area contributed by atoms with Crippen molar-refractivity contribution in [1.82, 2.24) is 15.6 Å². The van der Waals surface area contributed by atoms with Crippen LogP contribution in [0, 0.1) is 12.3 Å². The fourth-order valence-corrected chi connectivity index (χ4v) is 4.52. The van der Waals surface area contributed by atoms with Gasteiger partial charge in [0.2, 0.25) is 5.91 Å². The number of nitrogens with zero attached hydrogens (tertiary/aromatic N) is 1. The molecule has 3 aliphatic rings. The topological polar surface area (TPSA) is 80.3 Å². The van der Waals surface area contributed by atoms with Crippen LogP contribution in [0.25, 0.3) is 0 Å². The maximum atomic E-state index is 12.5. The van der Waals surface area contributed by atoms with Crippen LogP contribution in [0.15, 0.2) is 42.7 Å². The van der Waals surface area contributed by atoms with Crippen molar-refractivity contribution in [3.05, 3.63) is 58.9 Å². The van der Waals surface area contributed by atoms with E-state index in [9.17, 15) is 9.59 Å². The van der Waals surface area contributed by atoms with Gasteiger partial charge in [-0.05, 0) is 68.0 Å². The number of halogens is 1. The van der Waals surface area contributed by atoms with Gasteiger partial charge in [-0.2, -0.15) is 0 Å². The number of rotatable bonds is 8. The zero-order valence-corrected chi connectivity index (χ0v) is 17.1. The zero-order valence-electron chi connectivity index (χ0n) is 16.3. The van der Waals surface area contributed by atoms with E-state index >= 15 is 0 Å². The highest BCUT2D eigenvalue weighted by molar-refractivity contribution is 6.31. The summed E-state index contributed by atoms with van der Waals surface area (Å²) in [5.41, 5.74) is 1.46. The highest BCUT2D eigenvalue weighted by atomic mass is 35.5. The molecule has 3 saturated carbocycles. The Morgan fingerprint density at radius 2 is 2.03 bits per heavy atom. The maximum Gasteiger partial charge on any atom is 0.258 e. The summed E-state index contributed by atoms with van der Waals surface area (Å²) >= 11 is 5.99. The molecule has 152 valence electrons. The zero-order chi connectivity index (χ0) is 20.5. The lowest BCUT2D eigenvalue weighted by Crippen LogP contribution is -2.78. The second kappa shape index (κ2) is 7.67. The molecular formula is C22H24ClN3O3. The molecule has 5 rings (SSSR count). The van der Waals surface area contributed by atoms with E-state index in [1.165, 1.54) is 0 Å². The van der Waals surface area contributed by atoms with Gasteiger partial charge in [-0.3, -0.25) is 14.6 Å². The Hall–Kier alpha value is -2.60. The molecule has 3 aliphatic carbocycles. The third-order valence-corrected chi connectivity index (χ3v) is 6.26.